The fourth-order valence-electron chi connectivity index (χ4n) is 0.798. The molecule has 1 heterocycles. The number of carbonyl (C=O) groups excluding carboxylic acids is 2. The summed E-state index contributed by atoms with van der Waals surface area (Å²) in [6, 6.07) is 0. The summed E-state index contributed by atoms with van der Waals surface area (Å²) >= 11 is 0. The summed E-state index contributed by atoms with van der Waals surface area (Å²) in [6.45, 7) is 1.69. The Balaban J connectivity index is 0. The number of hydrazine groups is 1. The summed E-state index contributed by atoms with van der Waals surface area (Å²) in [5.41, 5.74) is 0. The number of amides is 2. The van der Waals surface area contributed by atoms with Crippen molar-refractivity contribution in [3.8, 4) is 0 Å². The van der Waals surface area contributed by atoms with Crippen LogP contribution in [0.25, 0.3) is 0 Å². The summed E-state index contributed by atoms with van der Waals surface area (Å²) < 4.78 is 27.6. The van der Waals surface area contributed by atoms with Gasteiger partial charge in [0, 0.05) is 0 Å². The molecule has 2 amide bonds. The molecule has 7 N–H and O–H groups in total. The van der Waals surface area contributed by atoms with Crippen LogP contribution < -0.4 is 17.0 Å². The van der Waals surface area contributed by atoms with Crippen LogP contribution >= 0.6 is 0 Å². The summed E-state index contributed by atoms with van der Waals surface area (Å²) in [5.74, 6) is 6.88. The van der Waals surface area contributed by atoms with E-state index in [1.165, 1.54) is 0 Å². The van der Waals surface area contributed by atoms with Crippen LogP contribution in [0.2, 0.25) is 0 Å². The van der Waals surface area contributed by atoms with Crippen LogP contribution in [0.4, 0.5) is 0 Å². The first-order valence-corrected chi connectivity index (χ1v) is 6.17. The first-order chi connectivity index (χ1) is 7.76. The minimum Gasteiger partial charge on any atom is -0.383 e. The van der Waals surface area contributed by atoms with Gasteiger partial charge >= 0.3 is 0 Å². The van der Waals surface area contributed by atoms with E-state index >= 15 is 0 Å². The van der Waals surface area contributed by atoms with Crippen LogP contribution in [0.1, 0.15) is 19.8 Å². The number of hydrogen-bond acceptors (Lipinski definition) is 7. The molecule has 0 radical (unpaired) electrons. The van der Waals surface area contributed by atoms with Crippen molar-refractivity contribution in [1.82, 2.24) is 5.32 Å². The molecule has 17 heavy (non-hydrogen) atoms. The lowest BCUT2D eigenvalue weighted by Crippen LogP contribution is -2.24. The number of aliphatic hydroxyl groups is 1. The summed E-state index contributed by atoms with van der Waals surface area (Å²) in [5, 5.41) is 10.5. The smallest absolute Gasteiger partial charge is 0.264 e. The Morgan fingerprint density at radius 1 is 1.41 bits per heavy atom. The van der Waals surface area contributed by atoms with Gasteiger partial charge in [0.05, 0.1) is 12.2 Å². The van der Waals surface area contributed by atoms with Crippen molar-refractivity contribution >= 4 is 21.9 Å². The molecule has 0 aromatic carbocycles. The van der Waals surface area contributed by atoms with Gasteiger partial charge in [-0.1, -0.05) is 6.92 Å². The van der Waals surface area contributed by atoms with Gasteiger partial charge < -0.3 is 5.11 Å². The maximum atomic E-state index is 10.2. The Kier molecular flexibility index (Phi) is 9.70. The molecule has 1 unspecified atom stereocenters. The summed E-state index contributed by atoms with van der Waals surface area (Å²) in [6.07, 6.45) is -0.722. The fourth-order valence-corrected chi connectivity index (χ4v) is 1.31. The number of rotatable bonds is 2. The van der Waals surface area contributed by atoms with Crippen molar-refractivity contribution in [2.24, 2.45) is 11.7 Å². The molecule has 1 fully saturated rings. The third-order valence-electron chi connectivity index (χ3n) is 1.41. The van der Waals surface area contributed by atoms with E-state index in [0.717, 1.165) is 0 Å². The fraction of sp³-hybridized carbons (Fsp3) is 0.714. The Bertz CT molecular complexity index is 342. The molecule has 1 aliphatic rings. The first-order valence-electron chi connectivity index (χ1n) is 4.56. The van der Waals surface area contributed by atoms with Crippen LogP contribution in [0.5, 0.6) is 0 Å². The van der Waals surface area contributed by atoms with Crippen molar-refractivity contribution in [2.75, 3.05) is 5.75 Å². The van der Waals surface area contributed by atoms with Crippen molar-refractivity contribution < 1.29 is 27.7 Å². The lowest BCUT2D eigenvalue weighted by atomic mass is 10.3. The highest BCUT2D eigenvalue weighted by atomic mass is 32.2. The monoisotopic (exact) mass is 271 g/mol. The second-order valence-corrected chi connectivity index (χ2v) is 4.49. The van der Waals surface area contributed by atoms with Crippen LogP contribution in [-0.4, -0.2) is 41.7 Å². The van der Waals surface area contributed by atoms with E-state index in [1.54, 1.807) is 6.92 Å². The van der Waals surface area contributed by atoms with Crippen LogP contribution in [0.15, 0.2) is 0 Å². The molecule has 10 heteroatoms. The molecule has 1 saturated heterocycles. The predicted octanol–water partition coefficient (Wildman–Crippen LogP) is -2.50. The minimum atomic E-state index is -3.67. The Hall–Kier alpha value is -1.07. The highest BCUT2D eigenvalue weighted by Gasteiger charge is 2.27. The molecule has 0 aromatic heterocycles. The average molecular weight is 271 g/mol. The van der Waals surface area contributed by atoms with Crippen LogP contribution in [-0.2, 0) is 19.7 Å². The second kappa shape index (κ2) is 9.01. The normalized spacial score (nSPS) is 18.5. The van der Waals surface area contributed by atoms with Gasteiger partial charge in [0.2, 0.25) is 5.91 Å². The zero-order chi connectivity index (χ0) is 14.1. The van der Waals surface area contributed by atoms with Gasteiger partial charge in [0.15, 0.2) is 0 Å². The number of nitrogens with two attached hydrogens (primary N) is 2. The van der Waals surface area contributed by atoms with Crippen molar-refractivity contribution in [3.05, 3.63) is 0 Å². The third-order valence-corrected chi connectivity index (χ3v) is 2.33. The molecule has 102 valence electrons. The van der Waals surface area contributed by atoms with Gasteiger partial charge in [-0.15, -0.1) is 0 Å². The van der Waals surface area contributed by atoms with E-state index in [4.69, 9.17) is 9.66 Å². The zero-order valence-corrected chi connectivity index (χ0v) is 10.1. The molecule has 1 rings (SSSR count). The van der Waals surface area contributed by atoms with E-state index in [2.05, 4.69) is 11.7 Å². The van der Waals surface area contributed by atoms with E-state index in [9.17, 15) is 18.0 Å². The lowest BCUT2D eigenvalue weighted by Gasteiger charge is -1.88. The van der Waals surface area contributed by atoms with Crippen LogP contribution in [0.3, 0.4) is 0 Å². The maximum Gasteiger partial charge on any atom is 0.264 e. The quantitative estimate of drug-likeness (QED) is 0.158. The largest absolute Gasteiger partial charge is 0.383 e. The predicted molar refractivity (Wildman–Crippen MR) is 58.9 cm³/mol. The molecule has 0 saturated carbocycles. The lowest BCUT2D eigenvalue weighted by molar-refractivity contribution is -0.127. The van der Waals surface area contributed by atoms with Crippen LogP contribution in [0, 0.1) is 0 Å². The number of aliphatic hydroxyl groups excluding tert-OH is 1. The molecular weight excluding hydrogens is 254 g/mol. The van der Waals surface area contributed by atoms with Gasteiger partial charge in [-0.3, -0.25) is 31.1 Å². The van der Waals surface area contributed by atoms with Crippen molar-refractivity contribution in [2.45, 2.75) is 25.9 Å². The first kappa shape index (κ1) is 18.3. The molecule has 0 aliphatic carbocycles. The molecular formula is C7H17N3O6S. The minimum absolute atomic E-state index is 0.0845. The van der Waals surface area contributed by atoms with E-state index in [1.807, 2.05) is 5.32 Å². The average Bonchev–Trinajstić information content (AvgIpc) is 2.46. The number of nitrogens with one attached hydrogen (secondary N) is 1. The highest BCUT2D eigenvalue weighted by molar-refractivity contribution is 7.85. The topological polar surface area (TPSA) is 173 Å². The SMILES string of the molecule is CCCS(=O)(=O)O.NN.O=C1CC(O)C(=O)N1. The Morgan fingerprint density at radius 2 is 1.88 bits per heavy atom. The van der Waals surface area contributed by atoms with Gasteiger partial charge in [-0.25, -0.2) is 0 Å². The van der Waals surface area contributed by atoms with Gasteiger partial charge in [-0.2, -0.15) is 8.42 Å². The second-order valence-electron chi connectivity index (χ2n) is 2.92. The highest BCUT2D eigenvalue weighted by Crippen LogP contribution is 1.98. The van der Waals surface area contributed by atoms with E-state index in [-0.39, 0.29) is 12.2 Å². The maximum absolute atomic E-state index is 10.2. The molecule has 1 atom stereocenters. The standard InChI is InChI=1S/C4H5NO3.C3H8O3S.H4N2/c6-2-1-3(7)5-4(2)8;1-2-3-7(4,5)6;1-2/h2,6H,1H2,(H,5,7,8);2-3H2,1H3,(H,4,5,6);1-2H2. The third kappa shape index (κ3) is 11.2. The number of hydrogen-bond donors (Lipinski definition) is 5. The number of carbonyl (C=O) groups is 2. The molecule has 0 aromatic rings. The van der Waals surface area contributed by atoms with E-state index < -0.39 is 28.0 Å². The molecule has 0 bridgehead atoms. The molecule has 9 nitrogen and oxygen atoms in total. The summed E-state index contributed by atoms with van der Waals surface area (Å²) in [4.78, 5) is 20.4. The Morgan fingerprint density at radius 3 is 1.94 bits per heavy atom. The van der Waals surface area contributed by atoms with Crippen molar-refractivity contribution in [3.63, 3.8) is 0 Å². The van der Waals surface area contributed by atoms with E-state index in [0.29, 0.717) is 6.42 Å². The van der Waals surface area contributed by atoms with Gasteiger partial charge in [0.1, 0.15) is 6.10 Å². The number of imide groups is 1. The molecule has 1 aliphatic heterocycles. The van der Waals surface area contributed by atoms with Gasteiger partial charge in [0.25, 0.3) is 16.0 Å². The summed E-state index contributed by atoms with van der Waals surface area (Å²) in [7, 11) is -3.67. The Labute approximate surface area is 98.9 Å². The molecule has 0 spiro atoms. The zero-order valence-electron chi connectivity index (χ0n) is 9.29. The van der Waals surface area contributed by atoms with Gasteiger partial charge in [-0.05, 0) is 6.42 Å². The van der Waals surface area contributed by atoms with Crippen molar-refractivity contribution in [1.29, 1.82) is 0 Å².